The standard InChI is InChI=1S/C20H21N5O4/c1-2-16-22-18(23-29-16)17-14-10-6-7-11-24(14)20(28)25(19(17)27)12-15(26)21-13-8-4-3-5-9-13/h3-5,8-9H,2,6-7,10-12H2,1H3,(H,21,26). The molecule has 9 heteroatoms. The monoisotopic (exact) mass is 395 g/mol. The van der Waals surface area contributed by atoms with Crippen molar-refractivity contribution in [3.05, 3.63) is 62.8 Å². The molecule has 2 aromatic heterocycles. The second kappa shape index (κ2) is 7.86. The molecule has 1 amide bonds. The van der Waals surface area contributed by atoms with Crippen molar-refractivity contribution in [3.8, 4) is 11.4 Å². The van der Waals surface area contributed by atoms with E-state index in [0.29, 0.717) is 36.7 Å². The molecule has 0 saturated heterocycles. The fraction of sp³-hybridized carbons (Fsp3) is 0.350. The highest BCUT2D eigenvalue weighted by Gasteiger charge is 2.26. The Bertz CT molecular complexity index is 1160. The molecule has 150 valence electrons. The van der Waals surface area contributed by atoms with Gasteiger partial charge in [0, 0.05) is 24.3 Å². The largest absolute Gasteiger partial charge is 0.339 e. The summed E-state index contributed by atoms with van der Waals surface area (Å²) in [4.78, 5) is 42.9. The van der Waals surface area contributed by atoms with Gasteiger partial charge in [-0.25, -0.2) is 4.79 Å². The molecule has 4 rings (SSSR count). The first-order valence-corrected chi connectivity index (χ1v) is 9.63. The van der Waals surface area contributed by atoms with Crippen molar-refractivity contribution in [1.82, 2.24) is 19.3 Å². The second-order valence-electron chi connectivity index (χ2n) is 6.88. The molecule has 0 spiro atoms. The summed E-state index contributed by atoms with van der Waals surface area (Å²) in [5.41, 5.74) is 0.370. The van der Waals surface area contributed by atoms with Gasteiger partial charge in [0.2, 0.25) is 17.6 Å². The van der Waals surface area contributed by atoms with Gasteiger partial charge in [-0.3, -0.25) is 18.7 Å². The Morgan fingerprint density at radius 1 is 1.21 bits per heavy atom. The third-order valence-corrected chi connectivity index (χ3v) is 4.93. The van der Waals surface area contributed by atoms with Gasteiger partial charge in [0.15, 0.2) is 0 Å². The number of anilines is 1. The number of carbonyl (C=O) groups is 1. The first kappa shape index (κ1) is 18.9. The zero-order chi connectivity index (χ0) is 20.4. The number of carbonyl (C=O) groups excluding carboxylic acids is 1. The van der Waals surface area contributed by atoms with Gasteiger partial charge >= 0.3 is 5.69 Å². The van der Waals surface area contributed by atoms with Crippen molar-refractivity contribution in [2.24, 2.45) is 0 Å². The van der Waals surface area contributed by atoms with Crippen LogP contribution in [-0.4, -0.2) is 25.2 Å². The number of rotatable bonds is 5. The lowest BCUT2D eigenvalue weighted by Crippen LogP contribution is -2.45. The Hall–Kier alpha value is -3.49. The molecule has 0 aliphatic carbocycles. The van der Waals surface area contributed by atoms with Crippen molar-refractivity contribution < 1.29 is 9.32 Å². The SMILES string of the molecule is CCc1nc(-c2c3n(c(=O)n(CC(=O)Nc4ccccc4)c2=O)CCCC3)no1. The van der Waals surface area contributed by atoms with E-state index in [1.165, 1.54) is 0 Å². The zero-order valence-corrected chi connectivity index (χ0v) is 16.1. The highest BCUT2D eigenvalue weighted by molar-refractivity contribution is 5.90. The Morgan fingerprint density at radius 2 is 2.00 bits per heavy atom. The summed E-state index contributed by atoms with van der Waals surface area (Å²) in [6.45, 7) is 1.97. The maximum Gasteiger partial charge on any atom is 0.331 e. The van der Waals surface area contributed by atoms with Crippen molar-refractivity contribution >= 4 is 11.6 Å². The fourth-order valence-corrected chi connectivity index (χ4v) is 3.52. The maximum atomic E-state index is 13.2. The molecule has 0 unspecified atom stereocenters. The number of para-hydroxylation sites is 1. The molecule has 0 bridgehead atoms. The number of nitrogens with one attached hydrogen (secondary N) is 1. The molecule has 9 nitrogen and oxygen atoms in total. The minimum absolute atomic E-state index is 0.162. The molecule has 1 aliphatic rings. The third-order valence-electron chi connectivity index (χ3n) is 4.93. The summed E-state index contributed by atoms with van der Waals surface area (Å²) in [5, 5.41) is 6.63. The number of aromatic nitrogens is 4. The van der Waals surface area contributed by atoms with Crippen molar-refractivity contribution in [3.63, 3.8) is 0 Å². The lowest BCUT2D eigenvalue weighted by Gasteiger charge is -2.21. The van der Waals surface area contributed by atoms with Crippen LogP contribution in [0.5, 0.6) is 0 Å². The predicted octanol–water partition coefficient (Wildman–Crippen LogP) is 1.60. The van der Waals surface area contributed by atoms with Gasteiger partial charge in [0.05, 0.1) is 0 Å². The summed E-state index contributed by atoms with van der Waals surface area (Å²) in [6.07, 6.45) is 2.80. The molecule has 3 aromatic rings. The van der Waals surface area contributed by atoms with E-state index in [1.54, 1.807) is 28.8 Å². The average Bonchev–Trinajstić information content (AvgIpc) is 3.21. The highest BCUT2D eigenvalue weighted by Crippen LogP contribution is 2.21. The number of nitrogens with zero attached hydrogens (tertiary/aromatic N) is 4. The highest BCUT2D eigenvalue weighted by atomic mass is 16.5. The van der Waals surface area contributed by atoms with Crippen LogP contribution in [0, 0.1) is 0 Å². The Kier molecular flexibility index (Phi) is 5.11. The Morgan fingerprint density at radius 3 is 2.72 bits per heavy atom. The molecular formula is C20H21N5O4. The number of amides is 1. The van der Waals surface area contributed by atoms with E-state index in [0.717, 1.165) is 17.4 Å². The smallest absolute Gasteiger partial charge is 0.331 e. The summed E-state index contributed by atoms with van der Waals surface area (Å²) >= 11 is 0. The second-order valence-corrected chi connectivity index (χ2v) is 6.88. The minimum atomic E-state index is -0.574. The summed E-state index contributed by atoms with van der Waals surface area (Å²) in [6, 6.07) is 8.87. The normalized spacial score (nSPS) is 13.1. The van der Waals surface area contributed by atoms with E-state index in [4.69, 9.17) is 4.52 Å². The molecule has 0 fully saturated rings. The molecule has 1 aliphatic heterocycles. The summed E-state index contributed by atoms with van der Waals surface area (Å²) in [7, 11) is 0. The van der Waals surface area contributed by atoms with E-state index in [2.05, 4.69) is 15.5 Å². The van der Waals surface area contributed by atoms with Crippen molar-refractivity contribution in [2.45, 2.75) is 45.7 Å². The lowest BCUT2D eigenvalue weighted by atomic mass is 10.0. The van der Waals surface area contributed by atoms with E-state index in [-0.39, 0.29) is 11.4 Å². The summed E-state index contributed by atoms with van der Waals surface area (Å²) < 4.78 is 7.67. The van der Waals surface area contributed by atoms with Gasteiger partial charge in [-0.15, -0.1) is 0 Å². The van der Waals surface area contributed by atoms with Gasteiger partial charge in [0.1, 0.15) is 12.1 Å². The first-order chi connectivity index (χ1) is 14.1. The molecule has 1 aromatic carbocycles. The van der Waals surface area contributed by atoms with E-state index >= 15 is 0 Å². The van der Waals surface area contributed by atoms with Gasteiger partial charge in [0.25, 0.3) is 5.56 Å². The quantitative estimate of drug-likeness (QED) is 0.702. The average molecular weight is 395 g/mol. The number of aryl methyl sites for hydroxylation is 1. The fourth-order valence-electron chi connectivity index (χ4n) is 3.52. The Labute approximate surface area is 166 Å². The Balaban J connectivity index is 1.78. The van der Waals surface area contributed by atoms with Gasteiger partial charge < -0.3 is 9.84 Å². The van der Waals surface area contributed by atoms with Crippen LogP contribution in [-0.2, 0) is 30.7 Å². The van der Waals surface area contributed by atoms with Crippen LogP contribution in [0.25, 0.3) is 11.4 Å². The van der Waals surface area contributed by atoms with Crippen LogP contribution in [0.4, 0.5) is 5.69 Å². The van der Waals surface area contributed by atoms with Crippen LogP contribution in [0.2, 0.25) is 0 Å². The van der Waals surface area contributed by atoms with Crippen LogP contribution < -0.4 is 16.6 Å². The third kappa shape index (κ3) is 3.63. The molecule has 3 heterocycles. The van der Waals surface area contributed by atoms with Crippen molar-refractivity contribution in [1.29, 1.82) is 0 Å². The molecule has 0 radical (unpaired) electrons. The van der Waals surface area contributed by atoms with Gasteiger partial charge in [-0.1, -0.05) is 30.3 Å². The molecule has 29 heavy (non-hydrogen) atoms. The van der Waals surface area contributed by atoms with Crippen LogP contribution >= 0.6 is 0 Å². The first-order valence-electron chi connectivity index (χ1n) is 9.63. The van der Waals surface area contributed by atoms with Crippen molar-refractivity contribution in [2.75, 3.05) is 5.32 Å². The summed E-state index contributed by atoms with van der Waals surface area (Å²) in [5.74, 6) is 0.114. The zero-order valence-electron chi connectivity index (χ0n) is 16.1. The molecule has 0 saturated carbocycles. The number of hydrogen-bond acceptors (Lipinski definition) is 6. The van der Waals surface area contributed by atoms with Crippen LogP contribution in [0.3, 0.4) is 0 Å². The van der Waals surface area contributed by atoms with Gasteiger partial charge in [-0.05, 0) is 31.4 Å². The minimum Gasteiger partial charge on any atom is -0.339 e. The number of benzene rings is 1. The van der Waals surface area contributed by atoms with E-state index < -0.39 is 23.7 Å². The molecule has 1 N–H and O–H groups in total. The van der Waals surface area contributed by atoms with E-state index in [1.807, 2.05) is 13.0 Å². The maximum absolute atomic E-state index is 13.2. The number of fused-ring (bicyclic) bond motifs is 1. The number of hydrogen-bond donors (Lipinski definition) is 1. The topological polar surface area (TPSA) is 112 Å². The lowest BCUT2D eigenvalue weighted by molar-refractivity contribution is -0.116. The molecule has 0 atom stereocenters. The van der Waals surface area contributed by atoms with E-state index in [9.17, 15) is 14.4 Å². The van der Waals surface area contributed by atoms with Gasteiger partial charge in [-0.2, -0.15) is 4.98 Å². The van der Waals surface area contributed by atoms with Crippen LogP contribution in [0.15, 0.2) is 44.4 Å². The molecular weight excluding hydrogens is 374 g/mol. The predicted molar refractivity (Wildman–Crippen MR) is 106 cm³/mol. The van der Waals surface area contributed by atoms with Crippen LogP contribution in [0.1, 0.15) is 31.4 Å².